The van der Waals surface area contributed by atoms with Crippen LogP contribution in [0.15, 0.2) is 77.5 Å². The van der Waals surface area contributed by atoms with E-state index >= 15 is 0 Å². The second-order valence-electron chi connectivity index (χ2n) is 13.6. The molecule has 1 heterocycles. The van der Waals surface area contributed by atoms with Crippen LogP contribution >= 0.6 is 0 Å². The highest BCUT2D eigenvalue weighted by atomic mass is 19.4. The van der Waals surface area contributed by atoms with E-state index in [0.29, 0.717) is 43.5 Å². The monoisotopic (exact) mass is 694 g/mol. The summed E-state index contributed by atoms with van der Waals surface area (Å²) in [5, 5.41) is 0. The second kappa shape index (κ2) is 13.6. The van der Waals surface area contributed by atoms with Crippen LogP contribution in [0.25, 0.3) is 11.5 Å². The molecule has 0 radical (unpaired) electrons. The Kier molecular flexibility index (Phi) is 9.60. The molecule has 2 fully saturated rings. The fourth-order valence-corrected chi connectivity index (χ4v) is 7.19. The van der Waals surface area contributed by atoms with Gasteiger partial charge in [-0.2, -0.15) is 13.2 Å². The first kappa shape index (κ1) is 35.3. The molecule has 0 spiro atoms. The summed E-state index contributed by atoms with van der Waals surface area (Å²) in [5.41, 5.74) is 6.04. The van der Waals surface area contributed by atoms with Crippen LogP contribution in [0.2, 0.25) is 0 Å². The molecule has 2 amide bonds. The van der Waals surface area contributed by atoms with Crippen LogP contribution in [0, 0.1) is 17.0 Å². The van der Waals surface area contributed by atoms with Crippen LogP contribution in [0.4, 0.5) is 22.0 Å². The third-order valence-electron chi connectivity index (χ3n) is 9.92. The van der Waals surface area contributed by atoms with E-state index in [4.69, 9.17) is 10.2 Å². The zero-order chi connectivity index (χ0) is 35.8. The lowest BCUT2D eigenvalue weighted by Crippen LogP contribution is -2.46. The lowest BCUT2D eigenvalue weighted by atomic mass is 9.89. The highest BCUT2D eigenvalue weighted by molar-refractivity contribution is 6.01. The van der Waals surface area contributed by atoms with Crippen LogP contribution in [0.1, 0.15) is 89.3 Å². The predicted octanol–water partition coefficient (Wildman–Crippen LogP) is 8.21. The minimum absolute atomic E-state index is 0.0805. The minimum atomic E-state index is -4.59. The van der Waals surface area contributed by atoms with Gasteiger partial charge < -0.3 is 20.0 Å². The molecule has 0 saturated heterocycles. The number of nitrogens with zero attached hydrogens (tertiary/aromatic N) is 3. The Labute approximate surface area is 287 Å². The molecule has 7 nitrogen and oxygen atoms in total. The van der Waals surface area contributed by atoms with Crippen molar-refractivity contribution in [2.75, 3.05) is 19.6 Å². The Hall–Kier alpha value is -4.58. The van der Waals surface area contributed by atoms with Crippen LogP contribution < -0.4 is 5.73 Å². The van der Waals surface area contributed by atoms with Crippen molar-refractivity contribution < 1.29 is 36.0 Å². The maximum Gasteiger partial charge on any atom is 0.416 e. The number of alkyl halides is 3. The molecule has 264 valence electrons. The summed E-state index contributed by atoms with van der Waals surface area (Å²) in [4.78, 5) is 35.8. The molecular formula is C38H39F5N4O3. The van der Waals surface area contributed by atoms with E-state index in [1.807, 2.05) is 13.8 Å². The molecule has 6 rings (SSSR count). The summed E-state index contributed by atoms with van der Waals surface area (Å²) < 4.78 is 74.9. The first-order chi connectivity index (χ1) is 23.8. The van der Waals surface area contributed by atoms with Gasteiger partial charge in [0.25, 0.3) is 11.8 Å². The quantitative estimate of drug-likeness (QED) is 0.143. The van der Waals surface area contributed by atoms with E-state index in [0.717, 1.165) is 31.0 Å². The number of rotatable bonds is 13. The van der Waals surface area contributed by atoms with E-state index in [-0.39, 0.29) is 47.5 Å². The van der Waals surface area contributed by atoms with E-state index < -0.39 is 40.2 Å². The fraction of sp³-hybridized carbons (Fsp3) is 0.395. The van der Waals surface area contributed by atoms with Crippen molar-refractivity contribution in [1.82, 2.24) is 14.8 Å². The number of carbonyl (C=O) groups excluding carboxylic acids is 2. The lowest BCUT2D eigenvalue weighted by Gasteiger charge is -2.33. The predicted molar refractivity (Wildman–Crippen MR) is 177 cm³/mol. The van der Waals surface area contributed by atoms with Gasteiger partial charge in [-0.3, -0.25) is 9.59 Å². The number of benzene rings is 3. The Morgan fingerprint density at radius 1 is 0.920 bits per heavy atom. The lowest BCUT2D eigenvalue weighted by molar-refractivity contribution is -0.137. The van der Waals surface area contributed by atoms with E-state index in [9.17, 15) is 31.5 Å². The smallest absolute Gasteiger partial charge is 0.416 e. The number of nitrogens with two attached hydrogens (primary N) is 1. The van der Waals surface area contributed by atoms with Gasteiger partial charge in [-0.25, -0.2) is 13.8 Å². The topological polar surface area (TPSA) is 92.7 Å². The van der Waals surface area contributed by atoms with Gasteiger partial charge in [-0.05, 0) is 85.7 Å². The van der Waals surface area contributed by atoms with Gasteiger partial charge >= 0.3 is 6.18 Å². The zero-order valence-electron chi connectivity index (χ0n) is 27.9. The van der Waals surface area contributed by atoms with Gasteiger partial charge in [-0.15, -0.1) is 0 Å². The minimum Gasteiger partial charge on any atom is -0.445 e. The zero-order valence-corrected chi connectivity index (χ0v) is 27.9. The second-order valence-corrected chi connectivity index (χ2v) is 13.6. The van der Waals surface area contributed by atoms with Crippen LogP contribution in [0.5, 0.6) is 0 Å². The summed E-state index contributed by atoms with van der Waals surface area (Å²) in [6.45, 7) is 4.86. The normalized spacial score (nSPS) is 19.2. The Balaban J connectivity index is 1.39. The van der Waals surface area contributed by atoms with E-state index in [1.165, 1.54) is 47.7 Å². The summed E-state index contributed by atoms with van der Waals surface area (Å²) in [6, 6.07) is 12.8. The SMILES string of the molecule is CCCN(CCC)C(=O)c1cc(C(=O)N(Cc2cccc(C(F)(F)F)c2)CC2(C3(N)C[C@@H]3c3cc(F)cc(F)c3)CC2)cc(-c2ncco2)c1. The highest BCUT2D eigenvalue weighted by Crippen LogP contribution is 2.69. The largest absolute Gasteiger partial charge is 0.445 e. The molecule has 3 aromatic carbocycles. The molecule has 2 aliphatic rings. The van der Waals surface area contributed by atoms with Crippen molar-refractivity contribution in [3.8, 4) is 11.5 Å². The van der Waals surface area contributed by atoms with Gasteiger partial charge in [0.2, 0.25) is 5.89 Å². The molecule has 2 saturated carbocycles. The molecule has 2 atom stereocenters. The average Bonchev–Trinajstić information content (AvgIpc) is 3.95. The molecule has 12 heteroatoms. The molecule has 1 aromatic heterocycles. The van der Waals surface area contributed by atoms with Gasteiger partial charge in [-0.1, -0.05) is 26.0 Å². The van der Waals surface area contributed by atoms with Crippen molar-refractivity contribution in [3.63, 3.8) is 0 Å². The molecule has 0 aliphatic heterocycles. The molecular weight excluding hydrogens is 655 g/mol. The number of amides is 2. The Morgan fingerprint density at radius 2 is 1.56 bits per heavy atom. The molecule has 2 N–H and O–H groups in total. The third-order valence-corrected chi connectivity index (χ3v) is 9.92. The summed E-state index contributed by atoms with van der Waals surface area (Å²) in [7, 11) is 0. The summed E-state index contributed by atoms with van der Waals surface area (Å²) >= 11 is 0. The van der Waals surface area contributed by atoms with Crippen molar-refractivity contribution in [2.24, 2.45) is 11.1 Å². The summed E-state index contributed by atoms with van der Waals surface area (Å²) in [5.74, 6) is -2.39. The number of halogens is 5. The van der Waals surface area contributed by atoms with Gasteiger partial charge in [0.05, 0.1) is 11.8 Å². The molecule has 0 bridgehead atoms. The van der Waals surface area contributed by atoms with Gasteiger partial charge in [0, 0.05) is 65.8 Å². The number of hydrogen-bond acceptors (Lipinski definition) is 5. The van der Waals surface area contributed by atoms with Gasteiger partial charge in [0.1, 0.15) is 17.9 Å². The van der Waals surface area contributed by atoms with Crippen molar-refractivity contribution >= 4 is 11.8 Å². The maximum absolute atomic E-state index is 14.6. The van der Waals surface area contributed by atoms with Crippen LogP contribution in [-0.2, 0) is 12.7 Å². The first-order valence-electron chi connectivity index (χ1n) is 16.8. The number of carbonyl (C=O) groups is 2. The molecule has 1 unspecified atom stereocenters. The average molecular weight is 695 g/mol. The fourth-order valence-electron chi connectivity index (χ4n) is 7.19. The number of hydrogen-bond donors (Lipinski definition) is 1. The molecule has 50 heavy (non-hydrogen) atoms. The third kappa shape index (κ3) is 7.17. The number of aromatic nitrogens is 1. The molecule has 2 aliphatic carbocycles. The van der Waals surface area contributed by atoms with Crippen molar-refractivity contribution in [2.45, 2.75) is 70.1 Å². The van der Waals surface area contributed by atoms with E-state index in [2.05, 4.69) is 4.98 Å². The molecule has 4 aromatic rings. The summed E-state index contributed by atoms with van der Waals surface area (Å²) in [6.07, 6.45) is 1.36. The Bertz CT molecular complexity index is 1850. The van der Waals surface area contributed by atoms with Crippen molar-refractivity contribution in [3.05, 3.63) is 113 Å². The first-order valence-corrected chi connectivity index (χ1v) is 16.8. The number of oxazole rings is 1. The van der Waals surface area contributed by atoms with Gasteiger partial charge in [0.15, 0.2) is 0 Å². The van der Waals surface area contributed by atoms with Crippen LogP contribution in [-0.4, -0.2) is 51.8 Å². The Morgan fingerprint density at radius 3 is 2.12 bits per heavy atom. The highest BCUT2D eigenvalue weighted by Gasteiger charge is 2.70. The van der Waals surface area contributed by atoms with E-state index in [1.54, 1.807) is 17.0 Å². The maximum atomic E-state index is 14.6. The van der Waals surface area contributed by atoms with Crippen LogP contribution in [0.3, 0.4) is 0 Å². The van der Waals surface area contributed by atoms with Crippen molar-refractivity contribution in [1.29, 1.82) is 0 Å². The standard InChI is InChI=1S/C38H39F5N4O3/c1-3-11-46(12-4-2)34(48)27-15-26(33-45-10-13-50-33)16-28(17-27)35(49)47(22-24-6-5-7-29(14-24)38(41,42)43)23-36(8-9-36)37(44)21-32(37)25-18-30(39)20-31(40)19-25/h5-7,10,13-20,32H,3-4,8-9,11-12,21-23,44H2,1-2H3/t32-,37?/m1/s1.